The smallest absolute Gasteiger partial charge is 0.246 e. The van der Waals surface area contributed by atoms with E-state index in [4.69, 9.17) is 0 Å². The standard InChI is InChI=1S/C13H15N3O3S/c1-2-10-4-3-6-15-11(10)8-16-20(18,19)13-9-14-7-5-12(13)17/h3-7,9,16H,2,8H2,1H3,(H,14,17). The van der Waals surface area contributed by atoms with Crippen LogP contribution in [0.1, 0.15) is 18.2 Å². The highest BCUT2D eigenvalue weighted by atomic mass is 32.2. The summed E-state index contributed by atoms with van der Waals surface area (Å²) in [6.07, 6.45) is 4.92. The van der Waals surface area contributed by atoms with E-state index in [1.165, 1.54) is 18.5 Å². The third-order valence-corrected chi connectivity index (χ3v) is 4.30. The van der Waals surface area contributed by atoms with Crippen LogP contribution in [0.25, 0.3) is 0 Å². The van der Waals surface area contributed by atoms with Crippen LogP contribution < -0.4 is 10.2 Å². The molecule has 2 heterocycles. The minimum Gasteiger partial charge on any atom is -0.366 e. The maximum Gasteiger partial charge on any atom is 0.246 e. The number of nitrogens with zero attached hydrogens (tertiary/aromatic N) is 1. The van der Waals surface area contributed by atoms with Gasteiger partial charge in [-0.25, -0.2) is 13.1 Å². The van der Waals surface area contributed by atoms with E-state index in [1.807, 2.05) is 13.0 Å². The number of hydrogen-bond donors (Lipinski definition) is 2. The Morgan fingerprint density at radius 1 is 1.35 bits per heavy atom. The molecule has 2 aromatic heterocycles. The zero-order chi connectivity index (χ0) is 14.6. The lowest BCUT2D eigenvalue weighted by Crippen LogP contribution is -2.28. The minimum absolute atomic E-state index is 0.0562. The van der Waals surface area contributed by atoms with Crippen molar-refractivity contribution in [2.45, 2.75) is 24.8 Å². The summed E-state index contributed by atoms with van der Waals surface area (Å²) in [6, 6.07) is 4.87. The molecule has 0 saturated carbocycles. The van der Waals surface area contributed by atoms with E-state index in [1.54, 1.807) is 12.3 Å². The number of nitrogens with one attached hydrogen (secondary N) is 2. The molecule has 7 heteroatoms. The Morgan fingerprint density at radius 3 is 2.85 bits per heavy atom. The van der Waals surface area contributed by atoms with Crippen LogP contribution in [0, 0.1) is 0 Å². The fraction of sp³-hybridized carbons (Fsp3) is 0.231. The maximum absolute atomic E-state index is 12.1. The average molecular weight is 293 g/mol. The van der Waals surface area contributed by atoms with Crippen molar-refractivity contribution >= 4 is 10.0 Å². The first kappa shape index (κ1) is 14.4. The highest BCUT2D eigenvalue weighted by Crippen LogP contribution is 2.07. The first-order chi connectivity index (χ1) is 9.54. The molecule has 0 aliphatic carbocycles. The molecular weight excluding hydrogens is 278 g/mol. The first-order valence-corrected chi connectivity index (χ1v) is 7.62. The molecule has 0 saturated heterocycles. The third kappa shape index (κ3) is 3.12. The number of aryl methyl sites for hydroxylation is 1. The Bertz CT molecular complexity index is 753. The van der Waals surface area contributed by atoms with Gasteiger partial charge in [-0.15, -0.1) is 0 Å². The van der Waals surface area contributed by atoms with Gasteiger partial charge in [0.25, 0.3) is 0 Å². The number of aromatic amines is 1. The lowest BCUT2D eigenvalue weighted by molar-refractivity contribution is 0.579. The summed E-state index contributed by atoms with van der Waals surface area (Å²) in [7, 11) is -3.85. The first-order valence-electron chi connectivity index (χ1n) is 6.14. The molecule has 0 bridgehead atoms. The van der Waals surface area contributed by atoms with Crippen LogP contribution in [0.5, 0.6) is 0 Å². The Hall–Kier alpha value is -1.99. The highest BCUT2D eigenvalue weighted by molar-refractivity contribution is 7.89. The number of pyridine rings is 2. The van der Waals surface area contributed by atoms with Gasteiger partial charge in [0.2, 0.25) is 15.5 Å². The molecule has 0 spiro atoms. The van der Waals surface area contributed by atoms with E-state index in [2.05, 4.69) is 14.7 Å². The van der Waals surface area contributed by atoms with Gasteiger partial charge in [-0.2, -0.15) is 0 Å². The second kappa shape index (κ2) is 5.98. The van der Waals surface area contributed by atoms with Gasteiger partial charge < -0.3 is 4.98 Å². The van der Waals surface area contributed by atoms with E-state index >= 15 is 0 Å². The van der Waals surface area contributed by atoms with Crippen LogP contribution in [0.4, 0.5) is 0 Å². The molecule has 0 aliphatic rings. The van der Waals surface area contributed by atoms with Crippen molar-refractivity contribution in [2.24, 2.45) is 0 Å². The highest BCUT2D eigenvalue weighted by Gasteiger charge is 2.17. The quantitative estimate of drug-likeness (QED) is 0.853. The van der Waals surface area contributed by atoms with E-state index in [-0.39, 0.29) is 11.4 Å². The molecule has 106 valence electrons. The molecule has 6 nitrogen and oxygen atoms in total. The lowest BCUT2D eigenvalue weighted by Gasteiger charge is -2.08. The Labute approximate surface area is 116 Å². The van der Waals surface area contributed by atoms with Crippen molar-refractivity contribution < 1.29 is 8.42 Å². The van der Waals surface area contributed by atoms with Crippen LogP contribution >= 0.6 is 0 Å². The van der Waals surface area contributed by atoms with Crippen LogP contribution in [0.3, 0.4) is 0 Å². The van der Waals surface area contributed by atoms with Gasteiger partial charge in [-0.05, 0) is 18.1 Å². The van der Waals surface area contributed by atoms with Crippen molar-refractivity contribution in [1.82, 2.24) is 14.7 Å². The van der Waals surface area contributed by atoms with Crippen molar-refractivity contribution in [3.8, 4) is 0 Å². The number of rotatable bonds is 5. The molecule has 2 N–H and O–H groups in total. The van der Waals surface area contributed by atoms with Gasteiger partial charge in [-0.3, -0.25) is 9.78 Å². The second-order valence-corrected chi connectivity index (χ2v) is 5.90. The van der Waals surface area contributed by atoms with Gasteiger partial charge in [0.05, 0.1) is 12.2 Å². The number of H-pyrrole nitrogens is 1. The predicted molar refractivity (Wildman–Crippen MR) is 74.7 cm³/mol. The van der Waals surface area contributed by atoms with Crippen LogP contribution in [-0.4, -0.2) is 18.4 Å². The molecule has 0 fully saturated rings. The molecule has 0 unspecified atom stereocenters. The lowest BCUT2D eigenvalue weighted by atomic mass is 10.1. The minimum atomic E-state index is -3.85. The molecule has 20 heavy (non-hydrogen) atoms. The van der Waals surface area contributed by atoms with Crippen LogP contribution in [-0.2, 0) is 23.0 Å². The number of hydrogen-bond acceptors (Lipinski definition) is 4. The molecule has 2 aromatic rings. The van der Waals surface area contributed by atoms with Crippen molar-refractivity contribution in [3.05, 3.63) is 58.3 Å². The van der Waals surface area contributed by atoms with Crippen molar-refractivity contribution in [1.29, 1.82) is 0 Å². The average Bonchev–Trinajstić information content (AvgIpc) is 2.46. The zero-order valence-electron chi connectivity index (χ0n) is 11.0. The summed E-state index contributed by atoms with van der Waals surface area (Å²) in [5.74, 6) is 0. The van der Waals surface area contributed by atoms with Gasteiger partial charge in [0, 0.05) is 24.7 Å². The molecule has 0 aliphatic heterocycles. The molecule has 0 radical (unpaired) electrons. The third-order valence-electron chi connectivity index (χ3n) is 2.87. The van der Waals surface area contributed by atoms with E-state index in [0.29, 0.717) is 5.69 Å². The molecule has 0 aromatic carbocycles. The van der Waals surface area contributed by atoms with E-state index in [9.17, 15) is 13.2 Å². The largest absolute Gasteiger partial charge is 0.366 e. The Kier molecular flexibility index (Phi) is 4.31. The summed E-state index contributed by atoms with van der Waals surface area (Å²) in [4.78, 5) is 18.0. The SMILES string of the molecule is CCc1cccnc1CNS(=O)(=O)c1c[nH]ccc1=O. The van der Waals surface area contributed by atoms with Gasteiger partial charge in [-0.1, -0.05) is 13.0 Å². The predicted octanol–water partition coefficient (Wildman–Crippen LogP) is 0.811. The van der Waals surface area contributed by atoms with Gasteiger partial charge >= 0.3 is 0 Å². The topological polar surface area (TPSA) is 91.9 Å². The van der Waals surface area contributed by atoms with Gasteiger partial charge in [0.15, 0.2) is 0 Å². The second-order valence-electron chi connectivity index (χ2n) is 4.16. The van der Waals surface area contributed by atoms with E-state index in [0.717, 1.165) is 12.0 Å². The molecule has 0 amide bonds. The number of aromatic nitrogens is 2. The van der Waals surface area contributed by atoms with Crippen molar-refractivity contribution in [3.63, 3.8) is 0 Å². The van der Waals surface area contributed by atoms with Crippen molar-refractivity contribution in [2.75, 3.05) is 0 Å². The normalized spacial score (nSPS) is 11.4. The Morgan fingerprint density at radius 2 is 2.15 bits per heavy atom. The van der Waals surface area contributed by atoms with Gasteiger partial charge in [0.1, 0.15) is 4.90 Å². The summed E-state index contributed by atoms with van der Waals surface area (Å²) in [5.41, 5.74) is 1.08. The molecular formula is C13H15N3O3S. The summed E-state index contributed by atoms with van der Waals surface area (Å²) >= 11 is 0. The summed E-state index contributed by atoms with van der Waals surface area (Å²) in [6.45, 7) is 2.03. The summed E-state index contributed by atoms with van der Waals surface area (Å²) in [5, 5.41) is 0. The Balaban J connectivity index is 2.22. The maximum atomic E-state index is 12.1. The van der Waals surface area contributed by atoms with E-state index < -0.39 is 15.5 Å². The molecule has 0 atom stereocenters. The summed E-state index contributed by atoms with van der Waals surface area (Å²) < 4.78 is 26.5. The van der Waals surface area contributed by atoms with Crippen LogP contribution in [0.2, 0.25) is 0 Å². The monoisotopic (exact) mass is 293 g/mol. The fourth-order valence-electron chi connectivity index (χ4n) is 1.80. The number of sulfonamides is 1. The van der Waals surface area contributed by atoms with Crippen LogP contribution in [0.15, 0.2) is 46.5 Å². The fourth-order valence-corrected chi connectivity index (χ4v) is 2.84. The molecule has 2 rings (SSSR count). The zero-order valence-corrected chi connectivity index (χ0v) is 11.8.